The van der Waals surface area contributed by atoms with Crippen molar-refractivity contribution in [3.8, 4) is 28.7 Å². The van der Waals surface area contributed by atoms with E-state index in [4.69, 9.17) is 23.4 Å². The molecule has 4 aromatic rings. The van der Waals surface area contributed by atoms with Crippen molar-refractivity contribution in [3.63, 3.8) is 0 Å². The third-order valence-electron chi connectivity index (χ3n) is 6.58. The van der Waals surface area contributed by atoms with E-state index >= 15 is 0 Å². The summed E-state index contributed by atoms with van der Waals surface area (Å²) < 4.78 is 27.4. The van der Waals surface area contributed by atoms with Crippen molar-refractivity contribution in [2.24, 2.45) is 0 Å². The molecule has 1 amide bonds. The van der Waals surface area contributed by atoms with Crippen LogP contribution in [0, 0.1) is 6.92 Å². The Morgan fingerprint density at radius 1 is 0.952 bits per heavy atom. The van der Waals surface area contributed by atoms with Crippen LogP contribution in [0.2, 0.25) is 0 Å². The molecule has 218 valence electrons. The number of hydrogen-bond acceptors (Lipinski definition) is 8. The van der Waals surface area contributed by atoms with Crippen molar-refractivity contribution in [1.29, 1.82) is 0 Å². The third-order valence-corrected chi connectivity index (χ3v) is 6.58. The van der Waals surface area contributed by atoms with Gasteiger partial charge in [0, 0.05) is 12.0 Å². The molecule has 4 rings (SSSR count). The predicted molar refractivity (Wildman–Crippen MR) is 158 cm³/mol. The third kappa shape index (κ3) is 7.78. The smallest absolute Gasteiger partial charge is 0.416 e. The number of oxazole rings is 1. The molecule has 1 unspecified atom stereocenters. The standard InChI is InChI=1S/C33H34N2O7/c1-5-9-30(35(22-31(36)39-4)33(37)42-28-18-16-26(38-3)17-19-28)24-12-14-27(15-13-24)40-21-20-29-23(2)41-32(34-29)25-10-7-6-8-11-25/h5-8,10-19,30H,1,9,20-22H2,2-4H3. The van der Waals surface area contributed by atoms with Crippen LogP contribution in [-0.4, -0.2) is 49.3 Å². The number of methoxy groups -OCH3 is 2. The van der Waals surface area contributed by atoms with Gasteiger partial charge in [0.25, 0.3) is 0 Å². The van der Waals surface area contributed by atoms with Gasteiger partial charge < -0.3 is 23.4 Å². The quantitative estimate of drug-likeness (QED) is 0.131. The number of aromatic nitrogens is 1. The first kappa shape index (κ1) is 29.9. The van der Waals surface area contributed by atoms with Crippen LogP contribution >= 0.6 is 0 Å². The first-order valence-electron chi connectivity index (χ1n) is 13.5. The Labute approximate surface area is 245 Å². The SMILES string of the molecule is C=CCC(c1ccc(OCCc2nc(-c3ccccc3)oc2C)cc1)N(CC(=O)OC)C(=O)Oc1ccc(OC)cc1. The van der Waals surface area contributed by atoms with Gasteiger partial charge in [0.2, 0.25) is 5.89 Å². The number of rotatable bonds is 13. The van der Waals surface area contributed by atoms with Crippen molar-refractivity contribution < 1.29 is 33.0 Å². The number of amides is 1. The van der Waals surface area contributed by atoms with Crippen LogP contribution < -0.4 is 14.2 Å². The maximum absolute atomic E-state index is 13.3. The zero-order valence-corrected chi connectivity index (χ0v) is 23.9. The van der Waals surface area contributed by atoms with Gasteiger partial charge in [0.15, 0.2) is 0 Å². The highest BCUT2D eigenvalue weighted by Gasteiger charge is 2.29. The van der Waals surface area contributed by atoms with E-state index in [1.54, 1.807) is 37.5 Å². The second-order valence-electron chi connectivity index (χ2n) is 9.34. The highest BCUT2D eigenvalue weighted by molar-refractivity contribution is 5.79. The summed E-state index contributed by atoms with van der Waals surface area (Å²) in [6.45, 7) is 5.83. The van der Waals surface area contributed by atoms with Gasteiger partial charge in [-0.05, 0) is 67.4 Å². The zero-order chi connectivity index (χ0) is 29.9. The Morgan fingerprint density at radius 2 is 1.62 bits per heavy atom. The summed E-state index contributed by atoms with van der Waals surface area (Å²) in [6, 6.07) is 23.2. The van der Waals surface area contributed by atoms with Gasteiger partial charge in [-0.15, -0.1) is 6.58 Å². The molecule has 0 aliphatic heterocycles. The van der Waals surface area contributed by atoms with Crippen LogP contribution in [0.25, 0.3) is 11.5 Å². The van der Waals surface area contributed by atoms with Crippen molar-refractivity contribution in [2.45, 2.75) is 25.8 Å². The van der Waals surface area contributed by atoms with Crippen LogP contribution in [0.5, 0.6) is 17.2 Å². The summed E-state index contributed by atoms with van der Waals surface area (Å²) >= 11 is 0. The summed E-state index contributed by atoms with van der Waals surface area (Å²) in [7, 11) is 2.82. The average molecular weight is 571 g/mol. The lowest BCUT2D eigenvalue weighted by molar-refractivity contribution is -0.142. The molecule has 0 radical (unpaired) electrons. The lowest BCUT2D eigenvalue weighted by Crippen LogP contribution is -2.40. The Morgan fingerprint density at radius 3 is 2.26 bits per heavy atom. The van der Waals surface area contributed by atoms with Gasteiger partial charge in [-0.2, -0.15) is 0 Å². The molecule has 0 bridgehead atoms. The summed E-state index contributed by atoms with van der Waals surface area (Å²) in [5.74, 6) is 2.36. The van der Waals surface area contributed by atoms with E-state index < -0.39 is 18.1 Å². The molecule has 1 heterocycles. The van der Waals surface area contributed by atoms with Crippen LogP contribution in [-0.2, 0) is 16.0 Å². The number of esters is 1. The number of benzene rings is 3. The molecule has 0 saturated carbocycles. The van der Waals surface area contributed by atoms with Crippen LogP contribution in [0.3, 0.4) is 0 Å². The average Bonchev–Trinajstić information content (AvgIpc) is 3.40. The number of aryl methyl sites for hydroxylation is 1. The summed E-state index contributed by atoms with van der Waals surface area (Å²) in [4.78, 5) is 31.5. The van der Waals surface area contributed by atoms with E-state index in [2.05, 4.69) is 11.6 Å². The van der Waals surface area contributed by atoms with E-state index in [1.165, 1.54) is 12.0 Å². The second kappa shape index (κ2) is 14.5. The van der Waals surface area contributed by atoms with Crippen LogP contribution in [0.15, 0.2) is 95.9 Å². The minimum atomic E-state index is -0.699. The molecule has 0 N–H and O–H groups in total. The van der Waals surface area contributed by atoms with Gasteiger partial charge in [-0.3, -0.25) is 9.69 Å². The minimum Gasteiger partial charge on any atom is -0.497 e. The molecule has 0 aliphatic carbocycles. The highest BCUT2D eigenvalue weighted by Crippen LogP contribution is 2.29. The second-order valence-corrected chi connectivity index (χ2v) is 9.34. The molecule has 0 aliphatic rings. The van der Waals surface area contributed by atoms with Crippen molar-refractivity contribution in [1.82, 2.24) is 9.88 Å². The predicted octanol–water partition coefficient (Wildman–Crippen LogP) is 6.57. The van der Waals surface area contributed by atoms with Crippen molar-refractivity contribution >= 4 is 12.1 Å². The fourth-order valence-electron chi connectivity index (χ4n) is 4.33. The van der Waals surface area contributed by atoms with E-state index in [0.717, 1.165) is 22.6 Å². The molecule has 1 atom stereocenters. The maximum Gasteiger partial charge on any atom is 0.416 e. The summed E-state index contributed by atoms with van der Waals surface area (Å²) in [5.41, 5.74) is 2.54. The lowest BCUT2D eigenvalue weighted by atomic mass is 10.0. The normalized spacial score (nSPS) is 11.3. The topological polar surface area (TPSA) is 100 Å². The Balaban J connectivity index is 1.43. The molecule has 0 spiro atoms. The molecular weight excluding hydrogens is 536 g/mol. The van der Waals surface area contributed by atoms with Gasteiger partial charge in [-0.1, -0.05) is 36.4 Å². The van der Waals surface area contributed by atoms with E-state index in [0.29, 0.717) is 42.6 Å². The summed E-state index contributed by atoms with van der Waals surface area (Å²) in [5, 5.41) is 0. The molecule has 9 nitrogen and oxygen atoms in total. The maximum atomic E-state index is 13.3. The van der Waals surface area contributed by atoms with Gasteiger partial charge >= 0.3 is 12.1 Å². The molecule has 0 fully saturated rings. The monoisotopic (exact) mass is 570 g/mol. The van der Waals surface area contributed by atoms with E-state index in [-0.39, 0.29) is 6.54 Å². The van der Waals surface area contributed by atoms with Gasteiger partial charge in [-0.25, -0.2) is 9.78 Å². The number of ether oxygens (including phenoxy) is 4. The first-order valence-corrected chi connectivity index (χ1v) is 13.5. The molecule has 1 aromatic heterocycles. The molecule has 42 heavy (non-hydrogen) atoms. The molecule has 9 heteroatoms. The summed E-state index contributed by atoms with van der Waals surface area (Å²) in [6.07, 6.45) is 1.94. The number of carbonyl (C=O) groups is 2. The first-order chi connectivity index (χ1) is 20.4. The fourth-order valence-corrected chi connectivity index (χ4v) is 4.33. The largest absolute Gasteiger partial charge is 0.497 e. The minimum absolute atomic E-state index is 0.301. The lowest BCUT2D eigenvalue weighted by Gasteiger charge is -2.30. The van der Waals surface area contributed by atoms with Gasteiger partial charge in [0.05, 0.1) is 32.6 Å². The molecule has 3 aromatic carbocycles. The number of carbonyl (C=O) groups excluding carboxylic acids is 2. The van der Waals surface area contributed by atoms with Crippen LogP contribution in [0.1, 0.15) is 29.5 Å². The highest BCUT2D eigenvalue weighted by atomic mass is 16.6. The van der Waals surface area contributed by atoms with E-state index in [9.17, 15) is 9.59 Å². The van der Waals surface area contributed by atoms with Gasteiger partial charge in [0.1, 0.15) is 29.6 Å². The van der Waals surface area contributed by atoms with Crippen molar-refractivity contribution in [3.05, 3.63) is 109 Å². The van der Waals surface area contributed by atoms with Crippen molar-refractivity contribution in [2.75, 3.05) is 27.4 Å². The Hall–Kier alpha value is -5.05. The number of nitrogens with zero attached hydrogens (tertiary/aromatic N) is 2. The number of hydrogen-bond donors (Lipinski definition) is 0. The molecule has 0 saturated heterocycles. The van der Waals surface area contributed by atoms with Crippen LogP contribution in [0.4, 0.5) is 4.79 Å². The Kier molecular flexibility index (Phi) is 10.4. The van der Waals surface area contributed by atoms with E-state index in [1.807, 2.05) is 61.5 Å². The molecular formula is C33H34N2O7. The fraction of sp³-hybridized carbons (Fsp3) is 0.242. The zero-order valence-electron chi connectivity index (χ0n) is 23.9. The Bertz CT molecular complexity index is 1460.